The lowest BCUT2D eigenvalue weighted by Gasteiger charge is -2.40. The summed E-state index contributed by atoms with van der Waals surface area (Å²) < 4.78 is 12.1. The van der Waals surface area contributed by atoms with Crippen LogP contribution in [0.4, 0.5) is 4.79 Å². The monoisotopic (exact) mass is 355 g/mol. The molecular weight excluding hydrogens is 322 g/mol. The summed E-state index contributed by atoms with van der Waals surface area (Å²) in [6.45, 7) is 16.6. The minimum Gasteiger partial charge on any atom is -0.444 e. The Balaban J connectivity index is 2.23. The highest BCUT2D eigenvalue weighted by Gasteiger charge is 2.61. The van der Waals surface area contributed by atoms with Crippen molar-refractivity contribution in [2.75, 3.05) is 0 Å². The lowest BCUT2D eigenvalue weighted by atomic mass is 9.87. The van der Waals surface area contributed by atoms with Gasteiger partial charge in [-0.2, -0.15) is 0 Å². The van der Waals surface area contributed by atoms with Gasteiger partial charge in [-0.3, -0.25) is 4.90 Å². The fourth-order valence-electron chi connectivity index (χ4n) is 3.48. The van der Waals surface area contributed by atoms with Crippen LogP contribution in [0.1, 0.15) is 60.8 Å². The van der Waals surface area contributed by atoms with Gasteiger partial charge in [0.1, 0.15) is 17.4 Å². The molecule has 2 aliphatic rings. The third-order valence-electron chi connectivity index (χ3n) is 5.73. The molecule has 2 fully saturated rings. The van der Waals surface area contributed by atoms with Crippen molar-refractivity contribution in [2.24, 2.45) is 0 Å². The van der Waals surface area contributed by atoms with E-state index in [9.17, 15) is 9.59 Å². The van der Waals surface area contributed by atoms with E-state index in [1.165, 1.54) is 0 Å². The molecule has 2 aliphatic heterocycles. The summed E-state index contributed by atoms with van der Waals surface area (Å²) in [4.78, 5) is 26.2. The maximum absolute atomic E-state index is 12.7. The smallest absolute Gasteiger partial charge is 0.411 e. The largest absolute Gasteiger partial charge is 0.444 e. The van der Waals surface area contributed by atoms with Gasteiger partial charge in [-0.25, -0.2) is 4.79 Å². The highest BCUT2D eigenvalue weighted by Crippen LogP contribution is 2.49. The maximum Gasteiger partial charge on any atom is 0.411 e. The molecule has 0 saturated carbocycles. The van der Waals surface area contributed by atoms with E-state index in [0.717, 1.165) is 12.7 Å². The molecule has 2 bridgehead atoms. The fraction of sp³-hybridized carbons (Fsp3) is 0.889. The first-order chi connectivity index (χ1) is 10.7. The number of carbonyl (C=O) groups excluding carboxylic acids is 2. The molecule has 0 aromatic rings. The topological polar surface area (TPSA) is 55.8 Å². The summed E-state index contributed by atoms with van der Waals surface area (Å²) in [5.41, 5.74) is -1.32. The Kier molecular flexibility index (Phi) is 4.73. The van der Waals surface area contributed by atoms with Crippen molar-refractivity contribution in [3.05, 3.63) is 0 Å². The lowest BCUT2D eigenvalue weighted by molar-refractivity contribution is -0.116. The van der Waals surface area contributed by atoms with Crippen molar-refractivity contribution >= 4 is 20.7 Å². The van der Waals surface area contributed by atoms with Crippen molar-refractivity contribution in [2.45, 2.75) is 102 Å². The number of nitrogens with zero attached hydrogens (tertiary/aromatic N) is 1. The molecule has 0 spiro atoms. The summed E-state index contributed by atoms with van der Waals surface area (Å²) in [5.74, 6) is 0. The van der Waals surface area contributed by atoms with E-state index in [2.05, 4.69) is 33.9 Å². The van der Waals surface area contributed by atoms with Crippen LogP contribution in [0.15, 0.2) is 0 Å². The molecule has 0 N–H and O–H groups in total. The number of ether oxygens (including phenoxy) is 1. The van der Waals surface area contributed by atoms with Crippen LogP contribution < -0.4 is 0 Å². The van der Waals surface area contributed by atoms with Crippen molar-refractivity contribution in [1.82, 2.24) is 4.90 Å². The summed E-state index contributed by atoms with van der Waals surface area (Å²) in [6, 6.07) is -0.0563. The highest BCUT2D eigenvalue weighted by molar-refractivity contribution is 6.74. The van der Waals surface area contributed by atoms with Crippen molar-refractivity contribution < 1.29 is 18.8 Å². The Bertz CT molecular complexity index is 520. The van der Waals surface area contributed by atoms with Gasteiger partial charge in [0.05, 0.1) is 12.1 Å². The predicted octanol–water partition coefficient (Wildman–Crippen LogP) is 4.12. The highest BCUT2D eigenvalue weighted by atomic mass is 28.4. The molecule has 0 radical (unpaired) electrons. The molecule has 5 nitrogen and oxygen atoms in total. The fourth-order valence-corrected chi connectivity index (χ4v) is 4.83. The van der Waals surface area contributed by atoms with Crippen LogP contribution in [-0.2, 0) is 14.0 Å². The maximum atomic E-state index is 12.7. The lowest BCUT2D eigenvalue weighted by Crippen LogP contribution is -2.49. The molecule has 0 aromatic heterocycles. The molecule has 2 saturated heterocycles. The molecule has 2 heterocycles. The number of aldehydes is 1. The van der Waals surface area contributed by atoms with Crippen LogP contribution in [0.3, 0.4) is 0 Å². The number of carbonyl (C=O) groups is 2. The zero-order valence-electron chi connectivity index (χ0n) is 16.4. The molecule has 24 heavy (non-hydrogen) atoms. The number of hydrogen-bond acceptors (Lipinski definition) is 4. The third kappa shape index (κ3) is 3.40. The van der Waals surface area contributed by atoms with Gasteiger partial charge in [0, 0.05) is 6.42 Å². The zero-order valence-corrected chi connectivity index (χ0v) is 17.4. The Hall–Kier alpha value is -0.883. The Morgan fingerprint density at radius 1 is 1.21 bits per heavy atom. The van der Waals surface area contributed by atoms with Crippen LogP contribution in [0.2, 0.25) is 18.1 Å². The van der Waals surface area contributed by atoms with Gasteiger partial charge in [-0.05, 0) is 51.7 Å². The number of hydrogen-bond donors (Lipinski definition) is 0. The summed E-state index contributed by atoms with van der Waals surface area (Å²) in [6.07, 6.45) is 2.57. The first-order valence-corrected chi connectivity index (χ1v) is 11.8. The molecule has 0 aliphatic carbocycles. The Morgan fingerprint density at radius 2 is 1.79 bits per heavy atom. The molecule has 3 unspecified atom stereocenters. The molecular formula is C18H33NO4Si. The Morgan fingerprint density at radius 3 is 2.25 bits per heavy atom. The summed E-state index contributed by atoms with van der Waals surface area (Å²) in [5, 5.41) is 0.0971. The molecule has 3 atom stereocenters. The minimum atomic E-state index is -1.96. The molecule has 6 heteroatoms. The predicted molar refractivity (Wildman–Crippen MR) is 96.6 cm³/mol. The van der Waals surface area contributed by atoms with E-state index in [1.807, 2.05) is 20.8 Å². The number of fused-ring (bicyclic) bond motifs is 2. The Labute approximate surface area is 147 Å². The van der Waals surface area contributed by atoms with Crippen LogP contribution in [-0.4, -0.2) is 48.9 Å². The van der Waals surface area contributed by atoms with Gasteiger partial charge in [-0.15, -0.1) is 0 Å². The summed E-state index contributed by atoms with van der Waals surface area (Å²) >= 11 is 0. The van der Waals surface area contributed by atoms with Crippen LogP contribution in [0, 0.1) is 0 Å². The van der Waals surface area contributed by atoms with Crippen LogP contribution >= 0.6 is 0 Å². The minimum absolute atomic E-state index is 0.0563. The van der Waals surface area contributed by atoms with Gasteiger partial charge in [0.15, 0.2) is 8.32 Å². The molecule has 138 valence electrons. The number of amides is 1. The quantitative estimate of drug-likeness (QED) is 0.564. The first kappa shape index (κ1) is 19.4. The van der Waals surface area contributed by atoms with E-state index < -0.39 is 25.6 Å². The van der Waals surface area contributed by atoms with Crippen molar-refractivity contribution in [3.8, 4) is 0 Å². The zero-order chi connectivity index (χ0) is 18.6. The second-order valence-electron chi connectivity index (χ2n) is 9.80. The first-order valence-electron chi connectivity index (χ1n) is 8.89. The summed E-state index contributed by atoms with van der Waals surface area (Å²) in [7, 11) is -1.96. The molecule has 2 rings (SSSR count). The SMILES string of the molecule is CC(C)(C)OC(=O)N1C2CCC1(C=O)CC2O[Si](C)(C)C(C)(C)C. The van der Waals surface area contributed by atoms with Crippen LogP contribution in [0.5, 0.6) is 0 Å². The van der Waals surface area contributed by atoms with E-state index in [-0.39, 0.29) is 17.2 Å². The molecule has 1 amide bonds. The van der Waals surface area contributed by atoms with Gasteiger partial charge in [0.25, 0.3) is 0 Å². The van der Waals surface area contributed by atoms with Gasteiger partial charge in [0.2, 0.25) is 0 Å². The second-order valence-corrected chi connectivity index (χ2v) is 14.6. The van der Waals surface area contributed by atoms with E-state index in [0.29, 0.717) is 12.8 Å². The third-order valence-corrected chi connectivity index (χ3v) is 10.2. The number of rotatable bonds is 3. The van der Waals surface area contributed by atoms with Crippen molar-refractivity contribution in [3.63, 3.8) is 0 Å². The average Bonchev–Trinajstić information content (AvgIpc) is 2.88. The van der Waals surface area contributed by atoms with E-state index in [4.69, 9.17) is 9.16 Å². The average molecular weight is 356 g/mol. The van der Waals surface area contributed by atoms with E-state index in [1.54, 1.807) is 4.90 Å². The molecule has 0 aromatic carbocycles. The van der Waals surface area contributed by atoms with Gasteiger partial charge >= 0.3 is 6.09 Å². The van der Waals surface area contributed by atoms with Gasteiger partial charge < -0.3 is 14.0 Å². The second kappa shape index (κ2) is 5.83. The van der Waals surface area contributed by atoms with Crippen molar-refractivity contribution in [1.29, 1.82) is 0 Å². The van der Waals surface area contributed by atoms with Crippen LogP contribution in [0.25, 0.3) is 0 Å². The normalized spacial score (nSPS) is 30.6. The van der Waals surface area contributed by atoms with Gasteiger partial charge in [-0.1, -0.05) is 20.8 Å². The standard InChI is InChI=1S/C18H33NO4Si/c1-16(2,3)22-15(21)19-13-9-10-18(19,12-20)11-14(13)23-24(7,8)17(4,5)6/h12-14H,9-11H2,1-8H3. The van der Waals surface area contributed by atoms with E-state index >= 15 is 0 Å².